The average Bonchev–Trinajstić information content (AvgIpc) is 2.94. The number of nitrogens with zero attached hydrogens (tertiary/aromatic N) is 6. The van der Waals surface area contributed by atoms with E-state index in [0.717, 1.165) is 47.8 Å². The van der Waals surface area contributed by atoms with Crippen LogP contribution in [0.2, 0.25) is 0 Å². The zero-order valence-electron chi connectivity index (χ0n) is 22.6. The van der Waals surface area contributed by atoms with Crippen LogP contribution in [0.3, 0.4) is 0 Å². The van der Waals surface area contributed by atoms with E-state index in [2.05, 4.69) is 30.4 Å². The molecule has 1 aliphatic heterocycles. The Balaban J connectivity index is 1.38. The van der Waals surface area contributed by atoms with Gasteiger partial charge in [0, 0.05) is 69.5 Å². The smallest absolute Gasteiger partial charge is 0.317 e. The molecule has 3 aromatic rings. The SMILES string of the molecule is CNCCCN(C)c1ccc(-c2ccnc(Nc3cccc(CN4CCN(CC(=O)O)CC4CO)c3)n2)cn1. The molecule has 0 aliphatic carbocycles. The van der Waals surface area contributed by atoms with Crippen LogP contribution in [0.15, 0.2) is 54.9 Å². The Hall–Kier alpha value is -3.64. The molecule has 39 heavy (non-hydrogen) atoms. The highest BCUT2D eigenvalue weighted by Gasteiger charge is 2.27. The Morgan fingerprint density at radius 3 is 2.79 bits per heavy atom. The summed E-state index contributed by atoms with van der Waals surface area (Å²) in [5.74, 6) is 0.570. The fraction of sp³-hybridized carbons (Fsp3) is 0.429. The maximum atomic E-state index is 11.1. The van der Waals surface area contributed by atoms with Crippen LogP contribution in [0.4, 0.5) is 17.5 Å². The van der Waals surface area contributed by atoms with Crippen molar-refractivity contribution in [3.05, 3.63) is 60.4 Å². The molecule has 0 spiro atoms. The van der Waals surface area contributed by atoms with Crippen molar-refractivity contribution in [2.24, 2.45) is 0 Å². The van der Waals surface area contributed by atoms with Gasteiger partial charge in [-0.05, 0) is 55.9 Å². The summed E-state index contributed by atoms with van der Waals surface area (Å²) in [5.41, 5.74) is 3.65. The monoisotopic (exact) mass is 534 g/mol. The first-order valence-electron chi connectivity index (χ1n) is 13.3. The number of carboxylic acid groups (broad SMARTS) is 1. The van der Waals surface area contributed by atoms with E-state index in [1.807, 2.05) is 67.7 Å². The number of rotatable bonds is 13. The predicted octanol–water partition coefficient (Wildman–Crippen LogP) is 1.89. The van der Waals surface area contributed by atoms with E-state index in [4.69, 9.17) is 10.1 Å². The number of aliphatic hydroxyl groups is 1. The summed E-state index contributed by atoms with van der Waals surface area (Å²) in [6.45, 7) is 4.41. The molecule has 3 heterocycles. The second-order valence-electron chi connectivity index (χ2n) is 9.81. The van der Waals surface area contributed by atoms with Gasteiger partial charge in [-0.2, -0.15) is 0 Å². The van der Waals surface area contributed by atoms with Crippen molar-refractivity contribution < 1.29 is 15.0 Å². The number of aliphatic hydroxyl groups excluding tert-OH is 1. The van der Waals surface area contributed by atoms with Crippen LogP contribution < -0.4 is 15.5 Å². The van der Waals surface area contributed by atoms with Crippen LogP contribution in [0.5, 0.6) is 0 Å². The highest BCUT2D eigenvalue weighted by Crippen LogP contribution is 2.22. The molecule has 0 radical (unpaired) electrons. The lowest BCUT2D eigenvalue weighted by Crippen LogP contribution is -2.55. The minimum absolute atomic E-state index is 0.00295. The summed E-state index contributed by atoms with van der Waals surface area (Å²) in [4.78, 5) is 31.0. The third-order valence-corrected chi connectivity index (χ3v) is 6.84. The first kappa shape index (κ1) is 28.4. The van der Waals surface area contributed by atoms with E-state index in [-0.39, 0.29) is 19.2 Å². The van der Waals surface area contributed by atoms with Crippen LogP contribution in [0.25, 0.3) is 11.3 Å². The Kier molecular flexibility index (Phi) is 10.1. The highest BCUT2D eigenvalue weighted by atomic mass is 16.4. The molecule has 11 nitrogen and oxygen atoms in total. The molecular weight excluding hydrogens is 496 g/mol. The maximum absolute atomic E-state index is 11.1. The van der Waals surface area contributed by atoms with E-state index in [9.17, 15) is 9.90 Å². The molecule has 1 unspecified atom stereocenters. The number of hydrogen-bond donors (Lipinski definition) is 4. The third-order valence-electron chi connectivity index (χ3n) is 6.84. The molecule has 4 N–H and O–H groups in total. The lowest BCUT2D eigenvalue weighted by molar-refractivity contribution is -0.139. The Bertz CT molecular complexity index is 1210. The number of piperazine rings is 1. The zero-order chi connectivity index (χ0) is 27.6. The number of benzene rings is 1. The molecule has 0 saturated carbocycles. The van der Waals surface area contributed by atoms with Gasteiger partial charge in [-0.25, -0.2) is 15.0 Å². The van der Waals surface area contributed by atoms with Crippen molar-refractivity contribution in [1.82, 2.24) is 30.1 Å². The van der Waals surface area contributed by atoms with Crippen LogP contribution in [0.1, 0.15) is 12.0 Å². The largest absolute Gasteiger partial charge is 0.480 e. The predicted molar refractivity (Wildman–Crippen MR) is 152 cm³/mol. The topological polar surface area (TPSA) is 130 Å². The highest BCUT2D eigenvalue weighted by molar-refractivity contribution is 5.69. The summed E-state index contributed by atoms with van der Waals surface area (Å²) in [7, 11) is 4.00. The van der Waals surface area contributed by atoms with Gasteiger partial charge in [0.2, 0.25) is 5.95 Å². The minimum Gasteiger partial charge on any atom is -0.480 e. The molecule has 4 rings (SSSR count). The van der Waals surface area contributed by atoms with Gasteiger partial charge in [-0.3, -0.25) is 14.6 Å². The van der Waals surface area contributed by atoms with Gasteiger partial charge in [0.05, 0.1) is 18.8 Å². The van der Waals surface area contributed by atoms with Crippen molar-refractivity contribution in [3.8, 4) is 11.3 Å². The zero-order valence-corrected chi connectivity index (χ0v) is 22.6. The number of carbonyl (C=O) groups is 1. The molecule has 0 bridgehead atoms. The molecule has 1 atom stereocenters. The summed E-state index contributed by atoms with van der Waals surface area (Å²) in [6.07, 6.45) is 4.61. The van der Waals surface area contributed by atoms with Gasteiger partial charge >= 0.3 is 5.97 Å². The molecule has 1 aromatic carbocycles. The number of hydrogen-bond acceptors (Lipinski definition) is 10. The molecule has 1 saturated heterocycles. The van der Waals surface area contributed by atoms with Crippen LogP contribution in [-0.2, 0) is 11.3 Å². The van der Waals surface area contributed by atoms with Crippen LogP contribution in [-0.4, -0.2) is 107 Å². The Morgan fingerprint density at radius 2 is 2.05 bits per heavy atom. The number of aliphatic carboxylic acids is 1. The Morgan fingerprint density at radius 1 is 1.18 bits per heavy atom. The van der Waals surface area contributed by atoms with E-state index in [1.165, 1.54) is 0 Å². The maximum Gasteiger partial charge on any atom is 0.317 e. The minimum atomic E-state index is -0.846. The molecule has 208 valence electrons. The summed E-state index contributed by atoms with van der Waals surface area (Å²) >= 11 is 0. The average molecular weight is 535 g/mol. The summed E-state index contributed by atoms with van der Waals surface area (Å²) in [5, 5.41) is 25.4. The van der Waals surface area contributed by atoms with E-state index < -0.39 is 5.97 Å². The number of aromatic nitrogens is 3. The first-order chi connectivity index (χ1) is 18.9. The van der Waals surface area contributed by atoms with E-state index in [1.54, 1.807) is 6.20 Å². The van der Waals surface area contributed by atoms with Crippen LogP contribution >= 0.6 is 0 Å². The van der Waals surface area contributed by atoms with Crippen LogP contribution in [0, 0.1) is 0 Å². The molecule has 11 heteroatoms. The first-order valence-corrected chi connectivity index (χ1v) is 13.3. The van der Waals surface area contributed by atoms with Crippen molar-refractivity contribution in [2.75, 3.05) is 70.2 Å². The second-order valence-corrected chi connectivity index (χ2v) is 9.81. The van der Waals surface area contributed by atoms with Crippen molar-refractivity contribution in [2.45, 2.75) is 19.0 Å². The Labute approximate surface area is 229 Å². The van der Waals surface area contributed by atoms with Crippen molar-refractivity contribution in [1.29, 1.82) is 0 Å². The standard InChI is InChI=1S/C28H38N8O3/c1-29-10-4-12-34(2)26-8-7-22(16-31-26)25-9-11-30-28(33-25)32-23-6-3-5-21(15-23)17-36-14-13-35(19-27(38)39)18-24(36)20-37/h3,5-9,11,15-16,24,29,37H,4,10,12-14,17-20H2,1-2H3,(H,38,39)(H,30,32,33). The van der Waals surface area contributed by atoms with Crippen molar-refractivity contribution >= 4 is 23.4 Å². The summed E-state index contributed by atoms with van der Waals surface area (Å²) in [6, 6.07) is 13.8. The number of pyridine rings is 1. The lowest BCUT2D eigenvalue weighted by Gasteiger charge is -2.40. The number of nitrogens with one attached hydrogen (secondary N) is 2. The molecule has 1 fully saturated rings. The molecular formula is C28H38N8O3. The van der Waals surface area contributed by atoms with Gasteiger partial charge < -0.3 is 25.7 Å². The van der Waals surface area contributed by atoms with Gasteiger partial charge in [-0.1, -0.05) is 12.1 Å². The fourth-order valence-electron chi connectivity index (χ4n) is 4.74. The summed E-state index contributed by atoms with van der Waals surface area (Å²) < 4.78 is 0. The number of anilines is 3. The van der Waals surface area contributed by atoms with Crippen molar-refractivity contribution in [3.63, 3.8) is 0 Å². The van der Waals surface area contributed by atoms with Gasteiger partial charge in [-0.15, -0.1) is 0 Å². The van der Waals surface area contributed by atoms with Gasteiger partial charge in [0.1, 0.15) is 5.82 Å². The normalized spacial score (nSPS) is 16.2. The van der Waals surface area contributed by atoms with E-state index in [0.29, 0.717) is 32.1 Å². The molecule has 0 amide bonds. The van der Waals surface area contributed by atoms with Gasteiger partial charge in [0.15, 0.2) is 0 Å². The number of carboxylic acids is 1. The second kappa shape index (κ2) is 13.9. The lowest BCUT2D eigenvalue weighted by atomic mass is 10.1. The molecule has 1 aliphatic rings. The quantitative estimate of drug-likeness (QED) is 0.240. The van der Waals surface area contributed by atoms with Gasteiger partial charge in [0.25, 0.3) is 0 Å². The fourth-order valence-corrected chi connectivity index (χ4v) is 4.74. The molecule has 2 aromatic heterocycles. The van der Waals surface area contributed by atoms with E-state index >= 15 is 0 Å². The third kappa shape index (κ3) is 8.17.